The van der Waals surface area contributed by atoms with Crippen molar-refractivity contribution < 1.29 is 5.11 Å². The first kappa shape index (κ1) is 9.72. The van der Waals surface area contributed by atoms with Crippen molar-refractivity contribution >= 4 is 17.3 Å². The van der Waals surface area contributed by atoms with Crippen LogP contribution in [-0.2, 0) is 0 Å². The molecule has 0 aliphatic carbocycles. The summed E-state index contributed by atoms with van der Waals surface area (Å²) in [5.74, 6) is 1.42. The van der Waals surface area contributed by atoms with Crippen molar-refractivity contribution in [3.8, 4) is 0 Å². The third-order valence-electron chi connectivity index (χ3n) is 2.03. The van der Waals surface area contributed by atoms with Crippen LogP contribution in [0, 0.1) is 0 Å². The van der Waals surface area contributed by atoms with Crippen LogP contribution in [-0.4, -0.2) is 39.7 Å². The van der Waals surface area contributed by atoms with Gasteiger partial charge in [0, 0.05) is 26.0 Å². The van der Waals surface area contributed by atoms with Crippen LogP contribution in [0.25, 0.3) is 5.65 Å². The highest BCUT2D eigenvalue weighted by Gasteiger charge is 2.05. The van der Waals surface area contributed by atoms with Gasteiger partial charge in [-0.2, -0.15) is 0 Å². The van der Waals surface area contributed by atoms with E-state index in [4.69, 9.17) is 5.11 Å². The predicted octanol–water partition coefficient (Wildman–Crippen LogP) is 0.175. The van der Waals surface area contributed by atoms with Crippen molar-refractivity contribution in [3.05, 3.63) is 18.6 Å². The Morgan fingerprint density at radius 3 is 3.13 bits per heavy atom. The molecule has 2 aromatic heterocycles. The van der Waals surface area contributed by atoms with Gasteiger partial charge in [-0.05, 0) is 0 Å². The molecule has 0 atom stereocenters. The normalized spacial score (nSPS) is 10.5. The van der Waals surface area contributed by atoms with Gasteiger partial charge in [0.05, 0.1) is 12.8 Å². The Kier molecular flexibility index (Phi) is 2.68. The minimum absolute atomic E-state index is 0.0678. The summed E-state index contributed by atoms with van der Waals surface area (Å²) in [6.07, 6.45) is 5.41. The smallest absolute Gasteiger partial charge is 0.180 e. The number of nitrogens with zero attached hydrogens (tertiary/aromatic N) is 3. The lowest BCUT2D eigenvalue weighted by Crippen LogP contribution is -2.09. The fourth-order valence-corrected chi connectivity index (χ4v) is 1.35. The van der Waals surface area contributed by atoms with Crippen molar-refractivity contribution in [1.82, 2.24) is 14.4 Å². The summed E-state index contributed by atoms with van der Waals surface area (Å²) < 4.78 is 1.87. The molecule has 0 unspecified atom stereocenters. The first-order valence-electron chi connectivity index (χ1n) is 4.71. The van der Waals surface area contributed by atoms with Crippen LogP contribution in [0.4, 0.5) is 11.6 Å². The van der Waals surface area contributed by atoms with E-state index in [2.05, 4.69) is 20.6 Å². The van der Waals surface area contributed by atoms with E-state index in [1.165, 1.54) is 0 Å². The van der Waals surface area contributed by atoms with Gasteiger partial charge in [-0.25, -0.2) is 9.97 Å². The number of aliphatic hydroxyl groups is 1. The van der Waals surface area contributed by atoms with Crippen LogP contribution in [0.3, 0.4) is 0 Å². The number of aliphatic hydroxyl groups excluding tert-OH is 1. The Balaban J connectivity index is 2.43. The Morgan fingerprint density at radius 1 is 1.53 bits per heavy atom. The number of hydrogen-bond donors (Lipinski definition) is 3. The average molecular weight is 207 g/mol. The topological polar surface area (TPSA) is 74.5 Å². The zero-order valence-corrected chi connectivity index (χ0v) is 8.44. The molecule has 6 nitrogen and oxygen atoms in total. The molecule has 15 heavy (non-hydrogen) atoms. The van der Waals surface area contributed by atoms with Gasteiger partial charge in [0.1, 0.15) is 5.82 Å². The molecule has 0 amide bonds. The van der Waals surface area contributed by atoms with Gasteiger partial charge in [0.15, 0.2) is 11.5 Å². The lowest BCUT2D eigenvalue weighted by molar-refractivity contribution is 0.311. The molecule has 3 N–H and O–H groups in total. The summed E-state index contributed by atoms with van der Waals surface area (Å²) in [5, 5.41) is 14.7. The van der Waals surface area contributed by atoms with Gasteiger partial charge < -0.3 is 20.1 Å². The highest BCUT2D eigenvalue weighted by molar-refractivity contribution is 5.65. The van der Waals surface area contributed by atoms with Gasteiger partial charge in [0.25, 0.3) is 0 Å². The molecule has 0 bridgehead atoms. The number of anilines is 2. The zero-order chi connectivity index (χ0) is 10.7. The van der Waals surface area contributed by atoms with E-state index in [-0.39, 0.29) is 6.61 Å². The van der Waals surface area contributed by atoms with Crippen molar-refractivity contribution in [3.63, 3.8) is 0 Å². The Labute approximate surface area is 87.0 Å². The van der Waals surface area contributed by atoms with E-state index in [0.717, 1.165) is 11.5 Å². The Bertz CT molecular complexity index is 453. The highest BCUT2D eigenvalue weighted by Crippen LogP contribution is 2.15. The molecule has 2 rings (SSSR count). The second-order valence-electron chi connectivity index (χ2n) is 3.03. The molecule has 0 aromatic carbocycles. The van der Waals surface area contributed by atoms with Crippen LogP contribution < -0.4 is 10.6 Å². The van der Waals surface area contributed by atoms with E-state index in [1.807, 2.05) is 16.8 Å². The van der Waals surface area contributed by atoms with Crippen LogP contribution in [0.1, 0.15) is 0 Å². The maximum atomic E-state index is 8.74. The molecule has 0 saturated heterocycles. The molecule has 6 heteroatoms. The summed E-state index contributed by atoms with van der Waals surface area (Å²) in [5.41, 5.74) is 0.752. The lowest BCUT2D eigenvalue weighted by atomic mass is 10.5. The fraction of sp³-hybridized carbons (Fsp3) is 0.333. The molecule has 0 aliphatic rings. The zero-order valence-electron chi connectivity index (χ0n) is 8.44. The van der Waals surface area contributed by atoms with E-state index in [0.29, 0.717) is 12.4 Å². The molecule has 0 aliphatic heterocycles. The molecule has 0 radical (unpaired) electrons. The molecular formula is C9H13N5O. The maximum Gasteiger partial charge on any atom is 0.180 e. The third-order valence-corrected chi connectivity index (χ3v) is 2.03. The summed E-state index contributed by atoms with van der Waals surface area (Å²) in [6.45, 7) is 0.529. The summed E-state index contributed by atoms with van der Waals surface area (Å²) in [7, 11) is 1.81. The molecule has 2 heterocycles. The fourth-order valence-electron chi connectivity index (χ4n) is 1.35. The van der Waals surface area contributed by atoms with Gasteiger partial charge in [-0.3, -0.25) is 0 Å². The van der Waals surface area contributed by atoms with Gasteiger partial charge in [-0.1, -0.05) is 0 Å². The third kappa shape index (κ3) is 1.84. The molecule has 80 valence electrons. The molecule has 0 fully saturated rings. The summed E-state index contributed by atoms with van der Waals surface area (Å²) in [6, 6.07) is 0. The summed E-state index contributed by atoms with van der Waals surface area (Å²) >= 11 is 0. The Morgan fingerprint density at radius 2 is 2.40 bits per heavy atom. The largest absolute Gasteiger partial charge is 0.395 e. The number of imidazole rings is 1. The number of nitrogens with one attached hydrogen (secondary N) is 2. The second-order valence-corrected chi connectivity index (χ2v) is 3.03. The van der Waals surface area contributed by atoms with E-state index in [1.54, 1.807) is 13.2 Å². The summed E-state index contributed by atoms with van der Waals surface area (Å²) in [4.78, 5) is 8.49. The van der Waals surface area contributed by atoms with Gasteiger partial charge in [0.2, 0.25) is 0 Å². The Hall–Kier alpha value is -1.82. The van der Waals surface area contributed by atoms with Crippen LogP contribution in [0.5, 0.6) is 0 Å². The van der Waals surface area contributed by atoms with Crippen molar-refractivity contribution in [2.24, 2.45) is 0 Å². The second kappa shape index (κ2) is 4.14. The predicted molar refractivity (Wildman–Crippen MR) is 58.1 cm³/mol. The standard InChI is InChI=1S/C9H13N5O/c1-10-7-6-14-4-2-12-9(14)8(13-7)11-3-5-15/h2,4,6,10,15H,3,5H2,1H3,(H,11,13). The van der Waals surface area contributed by atoms with Gasteiger partial charge in [-0.15, -0.1) is 0 Å². The molecule has 0 spiro atoms. The first-order chi connectivity index (χ1) is 7.35. The maximum absolute atomic E-state index is 8.74. The molecular weight excluding hydrogens is 194 g/mol. The quantitative estimate of drug-likeness (QED) is 0.666. The number of rotatable bonds is 4. The van der Waals surface area contributed by atoms with Crippen LogP contribution in [0.15, 0.2) is 18.6 Å². The molecule has 0 saturated carbocycles. The van der Waals surface area contributed by atoms with E-state index >= 15 is 0 Å². The number of hydrogen-bond acceptors (Lipinski definition) is 5. The average Bonchev–Trinajstić information content (AvgIpc) is 2.73. The number of fused-ring (bicyclic) bond motifs is 1. The van der Waals surface area contributed by atoms with Crippen molar-refractivity contribution in [2.75, 3.05) is 30.8 Å². The van der Waals surface area contributed by atoms with E-state index < -0.39 is 0 Å². The monoisotopic (exact) mass is 207 g/mol. The first-order valence-corrected chi connectivity index (χ1v) is 4.71. The van der Waals surface area contributed by atoms with Gasteiger partial charge >= 0.3 is 0 Å². The van der Waals surface area contributed by atoms with Crippen LogP contribution >= 0.6 is 0 Å². The highest BCUT2D eigenvalue weighted by atomic mass is 16.3. The van der Waals surface area contributed by atoms with Crippen LogP contribution in [0.2, 0.25) is 0 Å². The van der Waals surface area contributed by atoms with Crippen molar-refractivity contribution in [1.29, 1.82) is 0 Å². The van der Waals surface area contributed by atoms with Crippen molar-refractivity contribution in [2.45, 2.75) is 0 Å². The van der Waals surface area contributed by atoms with E-state index in [9.17, 15) is 0 Å². The minimum atomic E-state index is 0.0678. The number of aromatic nitrogens is 3. The lowest BCUT2D eigenvalue weighted by Gasteiger charge is -2.07. The molecule has 2 aromatic rings. The minimum Gasteiger partial charge on any atom is -0.395 e. The SMILES string of the molecule is CNc1cn2ccnc2c(NCCO)n1.